The molecule has 0 unspecified atom stereocenters. The van der Waals surface area contributed by atoms with Gasteiger partial charge in [-0.25, -0.2) is 9.18 Å². The van der Waals surface area contributed by atoms with Crippen LogP contribution in [-0.4, -0.2) is 9.97 Å². The maximum Gasteiger partial charge on any atom is 0.323 e. The van der Waals surface area contributed by atoms with E-state index in [1.54, 1.807) is 12.1 Å². The molecule has 4 aromatic carbocycles. The highest BCUT2D eigenvalue weighted by atomic mass is 19.1. The Hall–Kier alpha value is -4.06. The molecular weight excluding hydrogens is 393 g/mol. The molecule has 0 saturated carbocycles. The number of halogens is 1. The lowest BCUT2D eigenvalue weighted by Gasteiger charge is -2.16. The first-order chi connectivity index (χ1) is 15.2. The van der Waals surface area contributed by atoms with Crippen molar-refractivity contribution >= 4 is 27.5 Å². The third-order valence-corrected chi connectivity index (χ3v) is 5.29. The Bertz CT molecular complexity index is 1420. The monoisotopic (exact) mass is 413 g/mol. The van der Waals surface area contributed by atoms with Crippen LogP contribution >= 0.6 is 0 Å². The summed E-state index contributed by atoms with van der Waals surface area (Å²) in [6.07, 6.45) is 0. The zero-order chi connectivity index (χ0) is 21.2. The molecule has 0 aliphatic rings. The van der Waals surface area contributed by atoms with Crippen LogP contribution in [0, 0.1) is 5.82 Å². The molecule has 5 aromatic rings. The van der Waals surface area contributed by atoms with E-state index in [0.29, 0.717) is 13.2 Å². The van der Waals surface area contributed by atoms with E-state index in [0.717, 1.165) is 44.4 Å². The zero-order valence-electron chi connectivity index (χ0n) is 16.6. The van der Waals surface area contributed by atoms with Crippen molar-refractivity contribution in [3.63, 3.8) is 0 Å². The minimum Gasteiger partial charge on any atom is -0.489 e. The molecule has 3 N–H and O–H groups in total. The van der Waals surface area contributed by atoms with Gasteiger partial charge in [-0.05, 0) is 52.7 Å². The van der Waals surface area contributed by atoms with Crippen LogP contribution in [0.3, 0.4) is 0 Å². The van der Waals surface area contributed by atoms with Crippen LogP contribution in [0.1, 0.15) is 11.1 Å². The molecule has 0 aliphatic heterocycles. The van der Waals surface area contributed by atoms with Crippen molar-refractivity contribution in [1.29, 1.82) is 0 Å². The van der Waals surface area contributed by atoms with Crippen molar-refractivity contribution < 1.29 is 9.13 Å². The smallest absolute Gasteiger partial charge is 0.323 e. The van der Waals surface area contributed by atoms with Crippen LogP contribution in [0.15, 0.2) is 83.7 Å². The highest BCUT2D eigenvalue weighted by Gasteiger charge is 2.10. The number of anilines is 1. The molecule has 0 radical (unpaired) electrons. The van der Waals surface area contributed by atoms with Crippen LogP contribution in [0.2, 0.25) is 0 Å². The van der Waals surface area contributed by atoms with Crippen molar-refractivity contribution in [1.82, 2.24) is 9.97 Å². The molecule has 0 bridgehead atoms. The van der Waals surface area contributed by atoms with Crippen LogP contribution in [0.5, 0.6) is 5.75 Å². The van der Waals surface area contributed by atoms with Gasteiger partial charge in [0, 0.05) is 17.8 Å². The topological polar surface area (TPSA) is 69.9 Å². The van der Waals surface area contributed by atoms with Gasteiger partial charge in [0.2, 0.25) is 0 Å². The van der Waals surface area contributed by atoms with Crippen molar-refractivity contribution in [3.8, 4) is 5.75 Å². The first kappa shape index (κ1) is 18.9. The molecular formula is C25H20FN3O2. The van der Waals surface area contributed by atoms with E-state index in [2.05, 4.69) is 27.4 Å². The molecule has 1 heterocycles. The van der Waals surface area contributed by atoms with Crippen molar-refractivity contribution in [3.05, 3.63) is 106 Å². The molecule has 0 aliphatic carbocycles. The summed E-state index contributed by atoms with van der Waals surface area (Å²) in [5, 5.41) is 5.66. The number of aromatic amines is 2. The van der Waals surface area contributed by atoms with Crippen LogP contribution in [0.4, 0.5) is 10.1 Å². The number of fused-ring (bicyclic) bond motifs is 2. The minimum atomic E-state index is -0.264. The SMILES string of the molecule is O=c1[nH]c2ccc(NCc3c(OCc4ccc(F)cc4)ccc4ccccc34)cc2[nH]1. The van der Waals surface area contributed by atoms with Crippen molar-refractivity contribution in [2.45, 2.75) is 13.2 Å². The van der Waals surface area contributed by atoms with E-state index < -0.39 is 0 Å². The van der Waals surface area contributed by atoms with E-state index >= 15 is 0 Å². The lowest BCUT2D eigenvalue weighted by Crippen LogP contribution is -2.05. The molecule has 31 heavy (non-hydrogen) atoms. The van der Waals surface area contributed by atoms with E-state index in [9.17, 15) is 9.18 Å². The Morgan fingerprint density at radius 2 is 1.68 bits per heavy atom. The summed E-state index contributed by atoms with van der Waals surface area (Å²) in [6.45, 7) is 0.891. The summed E-state index contributed by atoms with van der Waals surface area (Å²) in [6, 6.07) is 24.2. The number of hydrogen-bond acceptors (Lipinski definition) is 3. The van der Waals surface area contributed by atoms with Crippen LogP contribution in [-0.2, 0) is 13.2 Å². The Balaban J connectivity index is 1.43. The minimum absolute atomic E-state index is 0.224. The van der Waals surface area contributed by atoms with Crippen LogP contribution < -0.4 is 15.7 Å². The molecule has 0 fully saturated rings. The Morgan fingerprint density at radius 3 is 2.55 bits per heavy atom. The average Bonchev–Trinajstić information content (AvgIpc) is 3.16. The molecule has 5 nitrogen and oxygen atoms in total. The number of H-pyrrole nitrogens is 2. The number of nitrogens with one attached hydrogen (secondary N) is 3. The fourth-order valence-electron chi connectivity index (χ4n) is 3.71. The van der Waals surface area contributed by atoms with Gasteiger partial charge in [0.1, 0.15) is 18.2 Å². The summed E-state index contributed by atoms with van der Waals surface area (Å²) in [5.41, 5.74) is 4.11. The molecule has 0 amide bonds. The zero-order valence-corrected chi connectivity index (χ0v) is 16.6. The predicted octanol–water partition coefficient (Wildman–Crippen LogP) is 5.34. The number of aromatic nitrogens is 2. The summed E-state index contributed by atoms with van der Waals surface area (Å²) >= 11 is 0. The van der Waals surface area contributed by atoms with E-state index in [1.165, 1.54) is 12.1 Å². The molecule has 6 heteroatoms. The predicted molar refractivity (Wildman–Crippen MR) is 121 cm³/mol. The Morgan fingerprint density at radius 1 is 0.871 bits per heavy atom. The number of imidazole rings is 1. The van der Waals surface area contributed by atoms with E-state index in [4.69, 9.17) is 4.74 Å². The van der Waals surface area contributed by atoms with Gasteiger partial charge in [-0.2, -0.15) is 0 Å². The fraction of sp³-hybridized carbons (Fsp3) is 0.0800. The molecule has 0 atom stereocenters. The van der Waals surface area contributed by atoms with Gasteiger partial charge in [-0.15, -0.1) is 0 Å². The van der Waals surface area contributed by atoms with Crippen LogP contribution in [0.25, 0.3) is 21.8 Å². The third kappa shape index (κ3) is 4.00. The van der Waals surface area contributed by atoms with Gasteiger partial charge in [0.25, 0.3) is 0 Å². The van der Waals surface area contributed by atoms with Gasteiger partial charge < -0.3 is 20.0 Å². The molecule has 0 saturated heterocycles. The molecule has 154 valence electrons. The highest BCUT2D eigenvalue weighted by Crippen LogP contribution is 2.30. The standard InChI is InChI=1S/C25H20FN3O2/c26-18-8-5-16(6-9-18)15-31-24-12-7-17-3-1-2-4-20(17)21(24)14-27-19-10-11-22-23(13-19)29-25(30)28-22/h1-13,27H,14-15H2,(H2,28,29,30). The maximum absolute atomic E-state index is 13.2. The highest BCUT2D eigenvalue weighted by molar-refractivity contribution is 5.88. The van der Waals surface area contributed by atoms with E-state index in [1.807, 2.05) is 42.5 Å². The van der Waals surface area contributed by atoms with Gasteiger partial charge in [-0.3, -0.25) is 0 Å². The maximum atomic E-state index is 13.2. The van der Waals surface area contributed by atoms with Gasteiger partial charge in [-0.1, -0.05) is 42.5 Å². The fourth-order valence-corrected chi connectivity index (χ4v) is 3.71. The Kier molecular flexibility index (Phi) is 4.88. The second kappa shape index (κ2) is 7.99. The largest absolute Gasteiger partial charge is 0.489 e. The van der Waals surface area contributed by atoms with Gasteiger partial charge >= 0.3 is 5.69 Å². The lowest BCUT2D eigenvalue weighted by molar-refractivity contribution is 0.303. The van der Waals surface area contributed by atoms with E-state index in [-0.39, 0.29) is 11.5 Å². The number of hydrogen-bond donors (Lipinski definition) is 3. The number of benzene rings is 4. The molecule has 1 aromatic heterocycles. The normalized spacial score (nSPS) is 11.1. The molecule has 0 spiro atoms. The average molecular weight is 413 g/mol. The number of rotatable bonds is 6. The van der Waals surface area contributed by atoms with Gasteiger partial charge in [0.05, 0.1) is 11.0 Å². The lowest BCUT2D eigenvalue weighted by atomic mass is 10.0. The second-order valence-corrected chi connectivity index (χ2v) is 7.37. The third-order valence-electron chi connectivity index (χ3n) is 5.29. The van der Waals surface area contributed by atoms with Crippen molar-refractivity contribution in [2.75, 3.05) is 5.32 Å². The summed E-state index contributed by atoms with van der Waals surface area (Å²) in [5.74, 6) is 0.506. The first-order valence-electron chi connectivity index (χ1n) is 9.99. The Labute approximate surface area is 177 Å². The summed E-state index contributed by atoms with van der Waals surface area (Å²) in [4.78, 5) is 17.0. The van der Waals surface area contributed by atoms with Crippen molar-refractivity contribution in [2.24, 2.45) is 0 Å². The molecule has 5 rings (SSSR count). The quantitative estimate of drug-likeness (QED) is 0.352. The van der Waals surface area contributed by atoms with Gasteiger partial charge in [0.15, 0.2) is 0 Å². The number of ether oxygens (including phenoxy) is 1. The second-order valence-electron chi connectivity index (χ2n) is 7.37. The summed E-state index contributed by atoms with van der Waals surface area (Å²) in [7, 11) is 0. The first-order valence-corrected chi connectivity index (χ1v) is 9.99. The summed E-state index contributed by atoms with van der Waals surface area (Å²) < 4.78 is 19.3.